The fourth-order valence-corrected chi connectivity index (χ4v) is 1.98. The van der Waals surface area contributed by atoms with Gasteiger partial charge in [0, 0.05) is 6.04 Å². The number of carbonyl (C=O) groups excluding carboxylic acids is 1. The summed E-state index contributed by atoms with van der Waals surface area (Å²) in [4.78, 5) is 11.4. The third-order valence-electron chi connectivity index (χ3n) is 2.63. The average molecular weight is 191 g/mol. The molecule has 0 saturated carbocycles. The van der Waals surface area contributed by atoms with E-state index in [1.54, 1.807) is 6.07 Å². The topological polar surface area (TPSA) is 52.3 Å². The van der Waals surface area contributed by atoms with Crippen LogP contribution in [-0.4, -0.2) is 19.1 Å². The van der Waals surface area contributed by atoms with E-state index in [-0.39, 0.29) is 12.0 Å². The normalized spacial score (nSPS) is 19.1. The number of methoxy groups -OCH3 is 1. The number of hydrogen-bond donors (Lipinski definition) is 1. The first kappa shape index (κ1) is 9.21. The number of esters is 1. The van der Waals surface area contributed by atoms with E-state index in [4.69, 9.17) is 10.5 Å². The minimum Gasteiger partial charge on any atom is -0.465 e. The van der Waals surface area contributed by atoms with Crippen LogP contribution >= 0.6 is 0 Å². The van der Waals surface area contributed by atoms with Gasteiger partial charge in [-0.1, -0.05) is 12.1 Å². The first-order valence-corrected chi connectivity index (χ1v) is 4.67. The molecule has 3 nitrogen and oxygen atoms in total. The van der Waals surface area contributed by atoms with Crippen molar-refractivity contribution in [1.82, 2.24) is 0 Å². The van der Waals surface area contributed by atoms with Crippen molar-refractivity contribution in [2.24, 2.45) is 5.73 Å². The van der Waals surface area contributed by atoms with E-state index in [9.17, 15) is 4.79 Å². The highest BCUT2D eigenvalue weighted by atomic mass is 16.5. The van der Waals surface area contributed by atoms with Crippen LogP contribution in [0.2, 0.25) is 0 Å². The molecule has 0 saturated heterocycles. The zero-order chi connectivity index (χ0) is 10.1. The Labute approximate surface area is 82.9 Å². The van der Waals surface area contributed by atoms with Gasteiger partial charge in [-0.05, 0) is 30.0 Å². The standard InChI is InChI=1S/C11H13NO2/c1-14-11(13)9-4-2-3-7-5-8(12)6-10(7)9/h2-4,8H,5-6,12H2,1H3. The van der Waals surface area contributed by atoms with Gasteiger partial charge in [-0.15, -0.1) is 0 Å². The summed E-state index contributed by atoms with van der Waals surface area (Å²) < 4.78 is 4.72. The van der Waals surface area contributed by atoms with Crippen LogP contribution in [0.25, 0.3) is 0 Å². The highest BCUT2D eigenvalue weighted by Gasteiger charge is 2.23. The smallest absolute Gasteiger partial charge is 0.338 e. The Morgan fingerprint density at radius 3 is 3.00 bits per heavy atom. The van der Waals surface area contributed by atoms with Gasteiger partial charge in [-0.25, -0.2) is 4.79 Å². The lowest BCUT2D eigenvalue weighted by atomic mass is 10.0. The Morgan fingerprint density at radius 1 is 1.50 bits per heavy atom. The van der Waals surface area contributed by atoms with Crippen molar-refractivity contribution < 1.29 is 9.53 Å². The molecule has 2 rings (SSSR count). The molecule has 1 aliphatic carbocycles. The van der Waals surface area contributed by atoms with E-state index < -0.39 is 0 Å². The predicted octanol–water partition coefficient (Wildman–Crippen LogP) is 0.899. The molecule has 0 amide bonds. The van der Waals surface area contributed by atoms with E-state index >= 15 is 0 Å². The van der Waals surface area contributed by atoms with Crippen molar-refractivity contribution >= 4 is 5.97 Å². The zero-order valence-corrected chi connectivity index (χ0v) is 8.12. The second-order valence-electron chi connectivity index (χ2n) is 3.60. The Balaban J connectivity index is 2.44. The van der Waals surface area contributed by atoms with Crippen LogP contribution in [-0.2, 0) is 17.6 Å². The molecule has 0 aliphatic heterocycles. The first-order chi connectivity index (χ1) is 6.72. The van der Waals surface area contributed by atoms with Crippen LogP contribution in [0.5, 0.6) is 0 Å². The summed E-state index contributed by atoms with van der Waals surface area (Å²) in [5, 5.41) is 0. The third-order valence-corrected chi connectivity index (χ3v) is 2.63. The molecule has 0 spiro atoms. The van der Waals surface area contributed by atoms with Gasteiger partial charge in [0.2, 0.25) is 0 Å². The fourth-order valence-electron chi connectivity index (χ4n) is 1.98. The molecule has 0 fully saturated rings. The predicted molar refractivity (Wildman–Crippen MR) is 53.2 cm³/mol. The van der Waals surface area contributed by atoms with Crippen molar-refractivity contribution in [3.05, 3.63) is 34.9 Å². The van der Waals surface area contributed by atoms with Crippen LogP contribution in [0.3, 0.4) is 0 Å². The molecule has 0 radical (unpaired) electrons. The largest absolute Gasteiger partial charge is 0.465 e. The molecule has 14 heavy (non-hydrogen) atoms. The average Bonchev–Trinajstić information content (AvgIpc) is 2.56. The number of hydrogen-bond acceptors (Lipinski definition) is 3. The van der Waals surface area contributed by atoms with Crippen molar-refractivity contribution in [2.45, 2.75) is 18.9 Å². The molecule has 74 valence electrons. The number of rotatable bonds is 1. The van der Waals surface area contributed by atoms with Crippen LogP contribution in [0.15, 0.2) is 18.2 Å². The second-order valence-corrected chi connectivity index (χ2v) is 3.60. The summed E-state index contributed by atoms with van der Waals surface area (Å²) >= 11 is 0. The molecule has 1 aromatic rings. The van der Waals surface area contributed by atoms with Crippen molar-refractivity contribution in [2.75, 3.05) is 7.11 Å². The van der Waals surface area contributed by atoms with Crippen LogP contribution in [0.1, 0.15) is 21.5 Å². The number of nitrogens with two attached hydrogens (primary N) is 1. The molecule has 1 aliphatic rings. The van der Waals surface area contributed by atoms with Gasteiger partial charge in [0.05, 0.1) is 12.7 Å². The van der Waals surface area contributed by atoms with Crippen molar-refractivity contribution in [3.63, 3.8) is 0 Å². The molecular weight excluding hydrogens is 178 g/mol. The van der Waals surface area contributed by atoms with Gasteiger partial charge in [0.25, 0.3) is 0 Å². The van der Waals surface area contributed by atoms with E-state index in [1.807, 2.05) is 12.1 Å². The summed E-state index contributed by atoms with van der Waals surface area (Å²) in [5.74, 6) is -0.268. The maximum Gasteiger partial charge on any atom is 0.338 e. The highest BCUT2D eigenvalue weighted by Crippen LogP contribution is 2.25. The van der Waals surface area contributed by atoms with Crippen molar-refractivity contribution in [3.8, 4) is 0 Å². The van der Waals surface area contributed by atoms with Crippen LogP contribution in [0, 0.1) is 0 Å². The van der Waals surface area contributed by atoms with Gasteiger partial charge in [-0.2, -0.15) is 0 Å². The van der Waals surface area contributed by atoms with E-state index in [0.717, 1.165) is 18.4 Å². The molecule has 1 unspecified atom stereocenters. The maximum absolute atomic E-state index is 11.4. The van der Waals surface area contributed by atoms with E-state index in [1.165, 1.54) is 12.7 Å². The molecule has 2 N–H and O–H groups in total. The van der Waals surface area contributed by atoms with Crippen molar-refractivity contribution in [1.29, 1.82) is 0 Å². The molecular formula is C11H13NO2. The first-order valence-electron chi connectivity index (χ1n) is 4.67. The summed E-state index contributed by atoms with van der Waals surface area (Å²) in [6, 6.07) is 5.84. The lowest BCUT2D eigenvalue weighted by Gasteiger charge is -2.05. The quantitative estimate of drug-likeness (QED) is 0.671. The Morgan fingerprint density at radius 2 is 2.29 bits per heavy atom. The minimum atomic E-state index is -0.268. The molecule has 0 heterocycles. The Bertz CT molecular complexity index is 374. The molecule has 0 aromatic heterocycles. The number of carbonyl (C=O) groups is 1. The third kappa shape index (κ3) is 1.40. The maximum atomic E-state index is 11.4. The van der Waals surface area contributed by atoms with E-state index in [0.29, 0.717) is 5.56 Å². The van der Waals surface area contributed by atoms with E-state index in [2.05, 4.69) is 0 Å². The number of benzene rings is 1. The number of ether oxygens (including phenoxy) is 1. The molecule has 0 bridgehead atoms. The summed E-state index contributed by atoms with van der Waals surface area (Å²) in [6.07, 6.45) is 1.64. The lowest BCUT2D eigenvalue weighted by Crippen LogP contribution is -2.19. The highest BCUT2D eigenvalue weighted by molar-refractivity contribution is 5.91. The molecule has 3 heteroatoms. The van der Waals surface area contributed by atoms with Gasteiger partial charge in [0.1, 0.15) is 0 Å². The van der Waals surface area contributed by atoms with Gasteiger partial charge >= 0.3 is 5.97 Å². The second kappa shape index (κ2) is 3.42. The lowest BCUT2D eigenvalue weighted by molar-refractivity contribution is 0.0599. The van der Waals surface area contributed by atoms with Gasteiger partial charge < -0.3 is 10.5 Å². The number of fused-ring (bicyclic) bond motifs is 1. The Kier molecular flexibility index (Phi) is 2.25. The Hall–Kier alpha value is -1.35. The fraction of sp³-hybridized carbons (Fsp3) is 0.364. The van der Waals surface area contributed by atoms with Gasteiger partial charge in [0.15, 0.2) is 0 Å². The summed E-state index contributed by atoms with van der Waals surface area (Å²) in [6.45, 7) is 0. The summed E-state index contributed by atoms with van der Waals surface area (Å²) in [5.41, 5.74) is 8.75. The monoisotopic (exact) mass is 191 g/mol. The van der Waals surface area contributed by atoms with Crippen LogP contribution in [0.4, 0.5) is 0 Å². The minimum absolute atomic E-state index is 0.149. The van der Waals surface area contributed by atoms with Crippen LogP contribution < -0.4 is 5.73 Å². The SMILES string of the molecule is COC(=O)c1cccc2c1CC(N)C2. The van der Waals surface area contributed by atoms with Gasteiger partial charge in [-0.3, -0.25) is 0 Å². The zero-order valence-electron chi connectivity index (χ0n) is 8.12. The summed E-state index contributed by atoms with van der Waals surface area (Å²) in [7, 11) is 1.40. The molecule has 1 atom stereocenters. The molecule has 1 aromatic carbocycles.